The largest absolute Gasteiger partial charge is 0.343 e. The maximum absolute atomic E-state index is 11.3. The molecule has 1 amide bonds. The first-order chi connectivity index (χ1) is 7.25. The number of benzene rings is 1. The third-order valence-corrected chi connectivity index (χ3v) is 2.79. The Bertz CT molecular complexity index is 337. The summed E-state index contributed by atoms with van der Waals surface area (Å²) in [5.74, 6) is 0.180. The molecule has 0 radical (unpaired) electrons. The van der Waals surface area contributed by atoms with E-state index in [0.717, 1.165) is 13.0 Å². The Balaban J connectivity index is 1.94. The van der Waals surface area contributed by atoms with Gasteiger partial charge in [-0.15, -0.1) is 0 Å². The molecule has 0 spiro atoms. The monoisotopic (exact) mass is 204 g/mol. The van der Waals surface area contributed by atoms with E-state index in [0.29, 0.717) is 12.6 Å². The number of nitrogens with one attached hydrogen (secondary N) is 1. The van der Waals surface area contributed by atoms with Crippen LogP contribution in [0.3, 0.4) is 0 Å². The number of carbonyl (C=O) groups is 1. The van der Waals surface area contributed by atoms with E-state index in [-0.39, 0.29) is 5.91 Å². The Morgan fingerprint density at radius 1 is 1.40 bits per heavy atom. The van der Waals surface area contributed by atoms with Crippen LogP contribution in [-0.4, -0.2) is 37.0 Å². The highest BCUT2D eigenvalue weighted by Gasteiger charge is 2.21. The average molecular weight is 204 g/mol. The normalized spacial score (nSPS) is 21.8. The minimum absolute atomic E-state index is 0.180. The van der Waals surface area contributed by atoms with Crippen LogP contribution in [-0.2, 0) is 11.2 Å². The number of carbonyl (C=O) groups excluding carboxylic acids is 1. The van der Waals surface area contributed by atoms with Crippen molar-refractivity contribution in [1.29, 1.82) is 0 Å². The van der Waals surface area contributed by atoms with Crippen molar-refractivity contribution >= 4 is 5.91 Å². The summed E-state index contributed by atoms with van der Waals surface area (Å²) in [4.78, 5) is 13.1. The van der Waals surface area contributed by atoms with Gasteiger partial charge in [-0.3, -0.25) is 4.79 Å². The van der Waals surface area contributed by atoms with Gasteiger partial charge < -0.3 is 10.2 Å². The van der Waals surface area contributed by atoms with Crippen molar-refractivity contribution in [2.45, 2.75) is 12.5 Å². The van der Waals surface area contributed by atoms with Gasteiger partial charge in [-0.2, -0.15) is 0 Å². The van der Waals surface area contributed by atoms with Crippen molar-refractivity contribution in [3.63, 3.8) is 0 Å². The Hall–Kier alpha value is -1.35. The Morgan fingerprint density at radius 2 is 2.13 bits per heavy atom. The lowest BCUT2D eigenvalue weighted by Gasteiger charge is -2.30. The van der Waals surface area contributed by atoms with Crippen molar-refractivity contribution in [2.24, 2.45) is 0 Å². The molecule has 1 aromatic rings. The zero-order valence-electron chi connectivity index (χ0n) is 8.94. The molecular formula is C12H16N2O. The number of hydrogen-bond donors (Lipinski definition) is 1. The maximum atomic E-state index is 11.3. The standard InChI is InChI=1S/C12H16N2O/c1-14-9-11(13-8-12(14)15)7-10-5-3-2-4-6-10/h2-6,11,13H,7-9H2,1H3/t11-/m1/s1. The molecule has 1 aliphatic heterocycles. The predicted molar refractivity (Wildman–Crippen MR) is 59.6 cm³/mol. The molecule has 1 atom stereocenters. The third kappa shape index (κ3) is 2.57. The fraction of sp³-hybridized carbons (Fsp3) is 0.417. The van der Waals surface area contributed by atoms with Crippen molar-refractivity contribution in [3.8, 4) is 0 Å². The molecule has 1 fully saturated rings. The first kappa shape index (κ1) is 10.2. The SMILES string of the molecule is CN1C[C@@H](Cc2ccccc2)NCC1=O. The van der Waals surface area contributed by atoms with Crippen molar-refractivity contribution in [3.05, 3.63) is 35.9 Å². The second-order valence-electron chi connectivity index (χ2n) is 4.04. The first-order valence-electron chi connectivity index (χ1n) is 5.27. The first-order valence-corrected chi connectivity index (χ1v) is 5.27. The van der Waals surface area contributed by atoms with E-state index in [1.807, 2.05) is 25.2 Å². The van der Waals surface area contributed by atoms with Gasteiger partial charge in [-0.1, -0.05) is 30.3 Å². The summed E-state index contributed by atoms with van der Waals surface area (Å²) in [7, 11) is 1.86. The lowest BCUT2D eigenvalue weighted by atomic mass is 10.0. The summed E-state index contributed by atoms with van der Waals surface area (Å²) in [6.07, 6.45) is 0.985. The lowest BCUT2D eigenvalue weighted by molar-refractivity contribution is -0.131. The number of nitrogens with zero attached hydrogens (tertiary/aromatic N) is 1. The molecule has 3 nitrogen and oxygen atoms in total. The second kappa shape index (κ2) is 4.45. The van der Waals surface area contributed by atoms with Crippen LogP contribution in [0.25, 0.3) is 0 Å². The van der Waals surface area contributed by atoms with Crippen LogP contribution >= 0.6 is 0 Å². The molecule has 2 rings (SSSR count). The fourth-order valence-electron chi connectivity index (χ4n) is 1.90. The van der Waals surface area contributed by atoms with Gasteiger partial charge in [-0.25, -0.2) is 0 Å². The molecule has 3 heteroatoms. The number of piperazine rings is 1. The fourth-order valence-corrected chi connectivity index (χ4v) is 1.90. The van der Waals surface area contributed by atoms with E-state index in [1.54, 1.807) is 4.90 Å². The van der Waals surface area contributed by atoms with Gasteiger partial charge in [0, 0.05) is 19.6 Å². The summed E-state index contributed by atoms with van der Waals surface area (Å²) < 4.78 is 0. The summed E-state index contributed by atoms with van der Waals surface area (Å²) in [5, 5.41) is 3.26. The van der Waals surface area contributed by atoms with E-state index in [2.05, 4.69) is 17.4 Å². The highest BCUT2D eigenvalue weighted by molar-refractivity contribution is 5.78. The average Bonchev–Trinajstić information content (AvgIpc) is 2.25. The van der Waals surface area contributed by atoms with Crippen LogP contribution in [0.1, 0.15) is 5.56 Å². The maximum Gasteiger partial charge on any atom is 0.236 e. The lowest BCUT2D eigenvalue weighted by Crippen LogP contribution is -2.53. The van der Waals surface area contributed by atoms with E-state index in [9.17, 15) is 4.79 Å². The summed E-state index contributed by atoms with van der Waals surface area (Å²) in [5.41, 5.74) is 1.32. The topological polar surface area (TPSA) is 32.3 Å². The zero-order chi connectivity index (χ0) is 10.7. The number of rotatable bonds is 2. The summed E-state index contributed by atoms with van der Waals surface area (Å²) >= 11 is 0. The second-order valence-corrected chi connectivity index (χ2v) is 4.04. The van der Waals surface area contributed by atoms with Crippen LogP contribution in [0.4, 0.5) is 0 Å². The molecule has 1 N–H and O–H groups in total. The van der Waals surface area contributed by atoms with Crippen LogP contribution in [0.2, 0.25) is 0 Å². The van der Waals surface area contributed by atoms with Crippen LogP contribution in [0.15, 0.2) is 30.3 Å². The molecule has 15 heavy (non-hydrogen) atoms. The molecule has 1 heterocycles. The van der Waals surface area contributed by atoms with E-state index in [1.165, 1.54) is 5.56 Å². The molecule has 0 aliphatic carbocycles. The van der Waals surface area contributed by atoms with Gasteiger partial charge in [0.15, 0.2) is 0 Å². The summed E-state index contributed by atoms with van der Waals surface area (Å²) in [6.45, 7) is 1.27. The van der Waals surface area contributed by atoms with E-state index in [4.69, 9.17) is 0 Å². The van der Waals surface area contributed by atoms with Crippen molar-refractivity contribution < 1.29 is 4.79 Å². The Morgan fingerprint density at radius 3 is 2.80 bits per heavy atom. The van der Waals surface area contributed by atoms with Crippen LogP contribution in [0.5, 0.6) is 0 Å². The van der Waals surface area contributed by atoms with Gasteiger partial charge in [0.2, 0.25) is 5.91 Å². The Labute approximate surface area is 90.1 Å². The molecule has 1 saturated heterocycles. The Kier molecular flexibility index (Phi) is 3.02. The summed E-state index contributed by atoms with van der Waals surface area (Å²) in [6, 6.07) is 10.7. The molecule has 80 valence electrons. The highest BCUT2D eigenvalue weighted by atomic mass is 16.2. The van der Waals surface area contributed by atoms with Gasteiger partial charge in [0.05, 0.1) is 6.54 Å². The quantitative estimate of drug-likeness (QED) is 0.767. The van der Waals surface area contributed by atoms with Crippen molar-refractivity contribution in [2.75, 3.05) is 20.1 Å². The smallest absolute Gasteiger partial charge is 0.236 e. The molecule has 0 bridgehead atoms. The van der Waals surface area contributed by atoms with Gasteiger partial charge >= 0.3 is 0 Å². The van der Waals surface area contributed by atoms with E-state index >= 15 is 0 Å². The zero-order valence-corrected chi connectivity index (χ0v) is 8.94. The van der Waals surface area contributed by atoms with Crippen LogP contribution < -0.4 is 5.32 Å². The van der Waals surface area contributed by atoms with Gasteiger partial charge in [-0.05, 0) is 12.0 Å². The van der Waals surface area contributed by atoms with E-state index < -0.39 is 0 Å². The molecule has 0 saturated carbocycles. The minimum atomic E-state index is 0.180. The molecule has 0 unspecified atom stereocenters. The third-order valence-electron chi connectivity index (χ3n) is 2.79. The van der Waals surface area contributed by atoms with Gasteiger partial charge in [0.25, 0.3) is 0 Å². The molecule has 1 aliphatic rings. The molecular weight excluding hydrogens is 188 g/mol. The number of likely N-dealkylation sites (N-methyl/N-ethyl adjacent to an activating group) is 1. The number of amides is 1. The minimum Gasteiger partial charge on any atom is -0.343 e. The van der Waals surface area contributed by atoms with Gasteiger partial charge in [0.1, 0.15) is 0 Å². The molecule has 1 aromatic carbocycles. The predicted octanol–water partition coefficient (Wildman–Crippen LogP) is 0.659. The molecule has 0 aromatic heterocycles. The highest BCUT2D eigenvalue weighted by Crippen LogP contribution is 2.06. The van der Waals surface area contributed by atoms with Crippen molar-refractivity contribution in [1.82, 2.24) is 10.2 Å². The number of hydrogen-bond acceptors (Lipinski definition) is 2. The van der Waals surface area contributed by atoms with Crippen LogP contribution in [0, 0.1) is 0 Å².